The van der Waals surface area contributed by atoms with E-state index in [4.69, 9.17) is 16.0 Å². The Morgan fingerprint density at radius 3 is 2.31 bits per heavy atom. The zero-order valence-corrected chi connectivity index (χ0v) is 15.7. The fraction of sp³-hybridized carbons (Fsp3) is 0.0435. The average molecular weight is 406 g/mol. The normalized spacial score (nSPS) is 15.7. The van der Waals surface area contributed by atoms with E-state index in [-0.39, 0.29) is 16.8 Å². The van der Waals surface area contributed by atoms with Crippen LogP contribution in [0.15, 0.2) is 82.0 Å². The average Bonchev–Trinajstić information content (AvgIpc) is 3.02. The highest BCUT2D eigenvalue weighted by Gasteiger charge is 2.43. The van der Waals surface area contributed by atoms with Gasteiger partial charge in [-0.25, -0.2) is 4.39 Å². The molecule has 4 nitrogen and oxygen atoms in total. The molecule has 5 rings (SSSR count). The number of halogens is 2. The molecule has 1 aliphatic rings. The zero-order valence-electron chi connectivity index (χ0n) is 14.9. The van der Waals surface area contributed by atoms with Crippen molar-refractivity contribution in [1.29, 1.82) is 0 Å². The van der Waals surface area contributed by atoms with Gasteiger partial charge in [-0.05, 0) is 54.1 Å². The Labute approximate surface area is 169 Å². The molecule has 4 aromatic rings. The lowest BCUT2D eigenvalue weighted by Gasteiger charge is -2.25. The molecule has 2 heterocycles. The van der Waals surface area contributed by atoms with Gasteiger partial charge in [-0.1, -0.05) is 35.9 Å². The first-order chi connectivity index (χ1) is 14.0. The van der Waals surface area contributed by atoms with Crippen LogP contribution < -0.4 is 10.3 Å². The van der Waals surface area contributed by atoms with Crippen LogP contribution in [0, 0.1) is 5.82 Å². The first kappa shape index (κ1) is 17.6. The summed E-state index contributed by atoms with van der Waals surface area (Å²) in [6.45, 7) is 0. The van der Waals surface area contributed by atoms with E-state index >= 15 is 0 Å². The summed E-state index contributed by atoms with van der Waals surface area (Å²) in [5.41, 5.74) is 1.51. The summed E-state index contributed by atoms with van der Waals surface area (Å²) in [6.07, 6.45) is 0. The SMILES string of the molecule is O=C1c2oc3ccccc3c(=O)c2C(c2ccc(Cl)cc2)N1c1ccc(F)cc1. The zero-order chi connectivity index (χ0) is 20.1. The summed E-state index contributed by atoms with van der Waals surface area (Å²) in [5, 5.41) is 0.941. The van der Waals surface area contributed by atoms with Crippen molar-refractivity contribution in [2.75, 3.05) is 4.90 Å². The molecule has 0 N–H and O–H groups in total. The highest BCUT2D eigenvalue weighted by atomic mass is 35.5. The third-order valence-electron chi connectivity index (χ3n) is 5.07. The third kappa shape index (κ3) is 2.74. The van der Waals surface area contributed by atoms with Gasteiger partial charge >= 0.3 is 0 Å². The van der Waals surface area contributed by atoms with Gasteiger partial charge in [0.05, 0.1) is 17.0 Å². The van der Waals surface area contributed by atoms with Crippen molar-refractivity contribution in [3.8, 4) is 0 Å². The van der Waals surface area contributed by atoms with Crippen molar-refractivity contribution >= 4 is 34.2 Å². The molecule has 0 saturated heterocycles. The standard InChI is InChI=1S/C23H13ClFNO3/c24-14-7-5-13(6-8-14)20-19-21(27)17-3-1-2-4-18(17)29-22(19)23(28)26(20)16-11-9-15(25)10-12-16/h1-12,20H. The summed E-state index contributed by atoms with van der Waals surface area (Å²) in [6, 6.07) is 18.6. The van der Waals surface area contributed by atoms with Crippen molar-refractivity contribution in [3.63, 3.8) is 0 Å². The number of carbonyl (C=O) groups is 1. The van der Waals surface area contributed by atoms with Crippen LogP contribution in [-0.4, -0.2) is 5.91 Å². The molecule has 142 valence electrons. The Hall–Kier alpha value is -3.44. The van der Waals surface area contributed by atoms with E-state index in [0.717, 1.165) is 0 Å². The lowest BCUT2D eigenvalue weighted by molar-refractivity contribution is 0.0971. The number of fused-ring (bicyclic) bond motifs is 2. The smallest absolute Gasteiger partial charge is 0.295 e. The summed E-state index contributed by atoms with van der Waals surface area (Å²) in [4.78, 5) is 28.1. The maximum atomic E-state index is 13.5. The van der Waals surface area contributed by atoms with Crippen LogP contribution in [0.2, 0.25) is 5.02 Å². The van der Waals surface area contributed by atoms with Gasteiger partial charge in [0.25, 0.3) is 5.91 Å². The number of nitrogens with zero attached hydrogens (tertiary/aromatic N) is 1. The van der Waals surface area contributed by atoms with E-state index in [2.05, 4.69) is 0 Å². The van der Waals surface area contributed by atoms with Gasteiger partial charge in [-0.2, -0.15) is 0 Å². The largest absolute Gasteiger partial charge is 0.450 e. The molecule has 0 bridgehead atoms. The topological polar surface area (TPSA) is 50.5 Å². The van der Waals surface area contributed by atoms with Crippen molar-refractivity contribution in [1.82, 2.24) is 0 Å². The molecule has 1 atom stereocenters. The molecule has 1 amide bonds. The van der Waals surface area contributed by atoms with Crippen LogP contribution in [0.25, 0.3) is 11.0 Å². The Morgan fingerprint density at radius 2 is 1.59 bits per heavy atom. The second-order valence-electron chi connectivity index (χ2n) is 6.78. The van der Waals surface area contributed by atoms with Crippen molar-refractivity contribution in [3.05, 3.63) is 111 Å². The van der Waals surface area contributed by atoms with Crippen molar-refractivity contribution < 1.29 is 13.6 Å². The lowest BCUT2D eigenvalue weighted by atomic mass is 9.98. The van der Waals surface area contributed by atoms with Gasteiger partial charge in [0.2, 0.25) is 5.76 Å². The summed E-state index contributed by atoms with van der Waals surface area (Å²) in [5.74, 6) is -0.867. The number of rotatable bonds is 2. The highest BCUT2D eigenvalue weighted by Crippen LogP contribution is 2.41. The molecular formula is C23H13ClFNO3. The second-order valence-corrected chi connectivity index (χ2v) is 7.21. The summed E-state index contributed by atoms with van der Waals surface area (Å²) < 4.78 is 19.3. The fourth-order valence-electron chi connectivity index (χ4n) is 3.75. The van der Waals surface area contributed by atoms with E-state index < -0.39 is 17.8 Å². The van der Waals surface area contributed by atoms with Gasteiger partial charge in [-0.3, -0.25) is 14.5 Å². The van der Waals surface area contributed by atoms with Gasteiger partial charge in [-0.15, -0.1) is 0 Å². The van der Waals surface area contributed by atoms with Gasteiger partial charge < -0.3 is 4.42 Å². The third-order valence-corrected chi connectivity index (χ3v) is 5.32. The second kappa shape index (κ2) is 6.57. The van der Waals surface area contributed by atoms with Crippen LogP contribution in [-0.2, 0) is 0 Å². The van der Waals surface area contributed by atoms with E-state index in [1.807, 2.05) is 0 Å². The van der Waals surface area contributed by atoms with Crippen LogP contribution in [0.1, 0.15) is 27.7 Å². The molecule has 0 fully saturated rings. The number of amides is 1. The Kier molecular flexibility index (Phi) is 4.00. The summed E-state index contributed by atoms with van der Waals surface area (Å²) in [7, 11) is 0. The number of anilines is 1. The molecule has 6 heteroatoms. The van der Waals surface area contributed by atoms with Crippen LogP contribution in [0.5, 0.6) is 0 Å². The minimum absolute atomic E-state index is 0.00188. The van der Waals surface area contributed by atoms with Crippen LogP contribution in [0.3, 0.4) is 0 Å². The maximum absolute atomic E-state index is 13.5. The monoisotopic (exact) mass is 405 g/mol. The maximum Gasteiger partial charge on any atom is 0.295 e. The predicted molar refractivity (Wildman–Crippen MR) is 109 cm³/mol. The fourth-order valence-corrected chi connectivity index (χ4v) is 3.87. The molecule has 0 radical (unpaired) electrons. The van der Waals surface area contributed by atoms with Crippen molar-refractivity contribution in [2.24, 2.45) is 0 Å². The quantitative estimate of drug-likeness (QED) is 0.452. The van der Waals surface area contributed by atoms with Gasteiger partial charge in [0, 0.05) is 10.7 Å². The molecule has 3 aromatic carbocycles. The number of benzene rings is 3. The Bertz CT molecular complexity index is 1310. The van der Waals surface area contributed by atoms with Crippen molar-refractivity contribution in [2.45, 2.75) is 6.04 Å². The van der Waals surface area contributed by atoms with E-state index in [1.54, 1.807) is 48.5 Å². The van der Waals surface area contributed by atoms with E-state index in [1.165, 1.54) is 29.2 Å². The van der Waals surface area contributed by atoms with E-state index in [9.17, 15) is 14.0 Å². The first-order valence-electron chi connectivity index (χ1n) is 8.95. The van der Waals surface area contributed by atoms with Crippen LogP contribution >= 0.6 is 11.6 Å². The number of hydrogen-bond acceptors (Lipinski definition) is 3. The molecule has 1 aliphatic heterocycles. The minimum atomic E-state index is -0.707. The number of para-hydroxylation sites is 1. The number of carbonyl (C=O) groups excluding carboxylic acids is 1. The molecule has 29 heavy (non-hydrogen) atoms. The molecule has 1 unspecified atom stereocenters. The van der Waals surface area contributed by atoms with E-state index in [0.29, 0.717) is 27.2 Å². The molecular weight excluding hydrogens is 393 g/mol. The molecule has 0 aliphatic carbocycles. The number of hydrogen-bond donors (Lipinski definition) is 0. The van der Waals surface area contributed by atoms with Gasteiger partial charge in [0.15, 0.2) is 5.43 Å². The lowest BCUT2D eigenvalue weighted by Crippen LogP contribution is -2.29. The van der Waals surface area contributed by atoms with Gasteiger partial charge in [0.1, 0.15) is 11.4 Å². The van der Waals surface area contributed by atoms with Crippen LogP contribution in [0.4, 0.5) is 10.1 Å². The first-order valence-corrected chi connectivity index (χ1v) is 9.33. The predicted octanol–water partition coefficient (Wildman–Crippen LogP) is 5.34. The Balaban J connectivity index is 1.81. The minimum Gasteiger partial charge on any atom is -0.450 e. The molecule has 0 spiro atoms. The molecule has 0 saturated carbocycles. The highest BCUT2D eigenvalue weighted by molar-refractivity contribution is 6.30. The Morgan fingerprint density at radius 1 is 0.897 bits per heavy atom. The molecule has 1 aromatic heterocycles. The summed E-state index contributed by atoms with van der Waals surface area (Å²) >= 11 is 6.02.